The minimum absolute atomic E-state index is 0.645. The molecule has 5 nitrogen and oxygen atoms in total. The highest BCUT2D eigenvalue weighted by molar-refractivity contribution is 6.30. The molecule has 12 aromatic rings. The van der Waals surface area contributed by atoms with E-state index < -0.39 is 0 Å². The Hall–Kier alpha value is -7.89. The fourth-order valence-electron chi connectivity index (χ4n) is 8.98. The van der Waals surface area contributed by atoms with Gasteiger partial charge in [0.2, 0.25) is 0 Å². The van der Waals surface area contributed by atoms with Crippen molar-refractivity contribution in [2.24, 2.45) is 0 Å². The third-order valence-corrected chi connectivity index (χ3v) is 11.5. The van der Waals surface area contributed by atoms with E-state index in [4.69, 9.17) is 15.0 Å². The highest BCUT2D eigenvalue weighted by atomic mass is 15.0. The van der Waals surface area contributed by atoms with Crippen LogP contribution in [0.3, 0.4) is 0 Å². The van der Waals surface area contributed by atoms with E-state index in [-0.39, 0.29) is 0 Å². The maximum Gasteiger partial charge on any atom is 0.164 e. The Bertz CT molecular complexity index is 3490. The standard InChI is InChI=1S/C53H33N5/c1-4-16-35(17-5-1)51-54-52(36-18-6-2-7-19-36)56-53(55-51)42-25-14-20-37-33-39(28-29-40(37)42)57-45-26-13-12-24-43(45)49-47(57)32-30-44-48-41-23-11-10-15-34(41)27-31-46(48)58(50(44)49)38-21-8-3-9-22-38/h1-33H. The Morgan fingerprint density at radius 2 is 0.897 bits per heavy atom. The number of rotatable bonds is 5. The minimum atomic E-state index is 0.645. The van der Waals surface area contributed by atoms with Gasteiger partial charge in [-0.25, -0.2) is 15.0 Å². The number of hydrogen-bond acceptors (Lipinski definition) is 3. The van der Waals surface area contributed by atoms with Crippen LogP contribution in [0.4, 0.5) is 0 Å². The summed E-state index contributed by atoms with van der Waals surface area (Å²) in [7, 11) is 0. The third-order valence-electron chi connectivity index (χ3n) is 11.5. The van der Waals surface area contributed by atoms with Crippen molar-refractivity contribution in [3.63, 3.8) is 0 Å². The fraction of sp³-hybridized carbons (Fsp3) is 0. The van der Waals surface area contributed by atoms with Gasteiger partial charge in [-0.2, -0.15) is 0 Å². The van der Waals surface area contributed by atoms with Gasteiger partial charge in [-0.1, -0.05) is 158 Å². The summed E-state index contributed by atoms with van der Waals surface area (Å²) in [6.07, 6.45) is 0. The largest absolute Gasteiger partial charge is 0.309 e. The highest BCUT2D eigenvalue weighted by Crippen LogP contribution is 2.44. The predicted molar refractivity (Wildman–Crippen MR) is 240 cm³/mol. The number of para-hydroxylation sites is 2. The molecule has 5 heteroatoms. The molecule has 0 unspecified atom stereocenters. The normalized spacial score (nSPS) is 11.8. The average Bonchev–Trinajstić information content (AvgIpc) is 3.82. The minimum Gasteiger partial charge on any atom is -0.309 e. The summed E-state index contributed by atoms with van der Waals surface area (Å²) in [4.78, 5) is 15.1. The molecule has 0 aliphatic heterocycles. The molecule has 0 aliphatic rings. The molecule has 270 valence electrons. The van der Waals surface area contributed by atoms with E-state index in [0.717, 1.165) is 49.9 Å². The van der Waals surface area contributed by atoms with Crippen LogP contribution in [0.2, 0.25) is 0 Å². The monoisotopic (exact) mass is 739 g/mol. The van der Waals surface area contributed by atoms with E-state index in [1.54, 1.807) is 0 Å². The predicted octanol–water partition coefficient (Wildman–Crippen LogP) is 13.4. The van der Waals surface area contributed by atoms with Crippen LogP contribution in [-0.4, -0.2) is 24.1 Å². The van der Waals surface area contributed by atoms with Crippen molar-refractivity contribution in [1.29, 1.82) is 0 Å². The van der Waals surface area contributed by atoms with Gasteiger partial charge in [0.05, 0.1) is 22.1 Å². The Balaban J connectivity index is 1.10. The van der Waals surface area contributed by atoms with Crippen LogP contribution in [0.5, 0.6) is 0 Å². The highest BCUT2D eigenvalue weighted by Gasteiger charge is 2.22. The van der Waals surface area contributed by atoms with E-state index in [2.05, 4.69) is 149 Å². The maximum absolute atomic E-state index is 5.07. The SMILES string of the molecule is c1ccc(-c2nc(-c3ccccc3)nc(-c3cccc4cc(-n5c6ccccc6c6c5ccc5c7c8ccccc8ccc7n(-c7ccccc7)c56)ccc34)n2)cc1. The van der Waals surface area contributed by atoms with Crippen molar-refractivity contribution in [3.05, 3.63) is 200 Å². The molecule has 3 aromatic heterocycles. The average molecular weight is 740 g/mol. The van der Waals surface area contributed by atoms with Crippen molar-refractivity contribution >= 4 is 65.2 Å². The smallest absolute Gasteiger partial charge is 0.164 e. The molecular formula is C53H33N5. The van der Waals surface area contributed by atoms with Gasteiger partial charge in [0.1, 0.15) is 0 Å². The lowest BCUT2D eigenvalue weighted by Gasteiger charge is -2.13. The van der Waals surface area contributed by atoms with E-state index in [9.17, 15) is 0 Å². The summed E-state index contributed by atoms with van der Waals surface area (Å²) < 4.78 is 4.89. The topological polar surface area (TPSA) is 48.5 Å². The van der Waals surface area contributed by atoms with Gasteiger partial charge in [-0.15, -0.1) is 0 Å². The molecule has 0 N–H and O–H groups in total. The fourth-order valence-corrected chi connectivity index (χ4v) is 8.98. The Kier molecular flexibility index (Phi) is 7.16. The molecule has 0 fully saturated rings. The Labute approximate surface area is 333 Å². The number of aromatic nitrogens is 5. The second-order valence-electron chi connectivity index (χ2n) is 14.8. The van der Waals surface area contributed by atoms with Gasteiger partial charge in [-0.05, 0) is 64.0 Å². The zero-order chi connectivity index (χ0) is 38.2. The van der Waals surface area contributed by atoms with Crippen molar-refractivity contribution in [2.75, 3.05) is 0 Å². The first kappa shape index (κ1) is 32.4. The number of fused-ring (bicyclic) bond motifs is 10. The van der Waals surface area contributed by atoms with Crippen LogP contribution in [0.1, 0.15) is 0 Å². The van der Waals surface area contributed by atoms with Crippen molar-refractivity contribution < 1.29 is 0 Å². The summed E-state index contributed by atoms with van der Waals surface area (Å²) in [5.74, 6) is 1.94. The van der Waals surface area contributed by atoms with Crippen LogP contribution in [0.15, 0.2) is 200 Å². The summed E-state index contributed by atoms with van der Waals surface area (Å²) in [5, 5.41) is 9.66. The summed E-state index contributed by atoms with van der Waals surface area (Å²) in [6, 6.07) is 70.9. The van der Waals surface area contributed by atoms with E-state index >= 15 is 0 Å². The number of nitrogens with zero attached hydrogens (tertiary/aromatic N) is 5. The molecule has 0 bridgehead atoms. The maximum atomic E-state index is 5.07. The number of hydrogen-bond donors (Lipinski definition) is 0. The second kappa shape index (κ2) is 12.8. The van der Waals surface area contributed by atoms with E-state index in [0.29, 0.717) is 17.5 Å². The van der Waals surface area contributed by atoms with E-state index in [1.807, 2.05) is 60.7 Å². The molecule has 0 aliphatic carbocycles. The van der Waals surface area contributed by atoms with Crippen LogP contribution in [0, 0.1) is 0 Å². The molecule has 0 spiro atoms. The molecule has 0 atom stereocenters. The third kappa shape index (κ3) is 4.93. The van der Waals surface area contributed by atoms with Crippen molar-refractivity contribution in [1.82, 2.24) is 24.1 Å². The Morgan fingerprint density at radius 3 is 1.66 bits per heavy atom. The quantitative estimate of drug-likeness (QED) is 0.177. The van der Waals surface area contributed by atoms with Gasteiger partial charge in [0.15, 0.2) is 17.5 Å². The van der Waals surface area contributed by atoms with Crippen LogP contribution < -0.4 is 0 Å². The van der Waals surface area contributed by atoms with Gasteiger partial charge >= 0.3 is 0 Å². The van der Waals surface area contributed by atoms with Crippen LogP contribution >= 0.6 is 0 Å². The molecule has 58 heavy (non-hydrogen) atoms. The first-order valence-corrected chi connectivity index (χ1v) is 19.6. The molecule has 0 saturated carbocycles. The van der Waals surface area contributed by atoms with Gasteiger partial charge in [0.25, 0.3) is 0 Å². The lowest BCUT2D eigenvalue weighted by atomic mass is 10.0. The van der Waals surface area contributed by atoms with Gasteiger partial charge in [0, 0.05) is 49.6 Å². The van der Waals surface area contributed by atoms with Crippen molar-refractivity contribution in [2.45, 2.75) is 0 Å². The number of benzene rings is 9. The van der Waals surface area contributed by atoms with Crippen LogP contribution in [-0.2, 0) is 0 Å². The molecule has 3 heterocycles. The molecule has 0 radical (unpaired) electrons. The molecule has 12 rings (SSSR count). The first-order chi connectivity index (χ1) is 28.8. The second-order valence-corrected chi connectivity index (χ2v) is 14.8. The molecule has 0 amide bonds. The van der Waals surface area contributed by atoms with Gasteiger partial charge in [-0.3, -0.25) is 0 Å². The van der Waals surface area contributed by atoms with Gasteiger partial charge < -0.3 is 9.13 Å². The van der Waals surface area contributed by atoms with Crippen molar-refractivity contribution in [3.8, 4) is 45.5 Å². The molecule has 0 saturated heterocycles. The zero-order valence-corrected chi connectivity index (χ0v) is 31.3. The lowest BCUT2D eigenvalue weighted by molar-refractivity contribution is 1.08. The van der Waals surface area contributed by atoms with Crippen LogP contribution in [0.25, 0.3) is 111 Å². The summed E-state index contributed by atoms with van der Waals surface area (Å²) in [6.45, 7) is 0. The van der Waals surface area contributed by atoms with E-state index in [1.165, 1.54) is 43.4 Å². The summed E-state index contributed by atoms with van der Waals surface area (Å²) >= 11 is 0. The Morgan fingerprint density at radius 1 is 0.310 bits per heavy atom. The zero-order valence-electron chi connectivity index (χ0n) is 31.3. The molecular weight excluding hydrogens is 707 g/mol. The first-order valence-electron chi connectivity index (χ1n) is 19.6. The summed E-state index contributed by atoms with van der Waals surface area (Å²) in [5.41, 5.74) is 9.83. The lowest BCUT2D eigenvalue weighted by Crippen LogP contribution is -2.00. The molecule has 9 aromatic carbocycles.